The molecule has 1 rings (SSSR count). The number of nitrogens with two attached hydrogens (primary N) is 1. The highest BCUT2D eigenvalue weighted by atomic mass is 16.7. The second kappa shape index (κ2) is 3.18. The minimum atomic E-state index is -2.42. The molecule has 0 aromatic heterocycles. The fourth-order valence-electron chi connectivity index (χ4n) is 1.26. The Morgan fingerprint density at radius 2 is 1.93 bits per heavy atom. The predicted octanol–water partition coefficient (Wildman–Crippen LogP) is 0.0795. The molecule has 7 heteroatoms. The summed E-state index contributed by atoms with van der Waals surface area (Å²) < 4.78 is 0. The number of nitro groups is 2. The molecular weight excluding hydrogens is 190 g/mol. The largest absolute Gasteiger partial charge is 0.495 e. The summed E-state index contributed by atoms with van der Waals surface area (Å²) in [7, 11) is 0. The lowest BCUT2D eigenvalue weighted by Gasteiger charge is -2.20. The zero-order valence-corrected chi connectivity index (χ0v) is 7.41. The molecule has 0 aromatic carbocycles. The first-order chi connectivity index (χ1) is 6.41. The van der Waals surface area contributed by atoms with Gasteiger partial charge < -0.3 is 5.73 Å². The average molecular weight is 199 g/mol. The van der Waals surface area contributed by atoms with E-state index in [1.165, 1.54) is 12.2 Å². The minimum Gasteiger partial charge on any atom is -0.312 e. The number of nitrogens with zero attached hydrogens (tertiary/aromatic N) is 2. The van der Waals surface area contributed by atoms with Crippen LogP contribution in [-0.4, -0.2) is 21.6 Å². The highest BCUT2D eigenvalue weighted by Gasteiger charge is 2.59. The molecule has 0 saturated heterocycles. The smallest absolute Gasteiger partial charge is 0.312 e. The van der Waals surface area contributed by atoms with Crippen molar-refractivity contribution in [3.05, 3.63) is 44.0 Å². The Morgan fingerprint density at radius 3 is 2.29 bits per heavy atom. The average Bonchev–Trinajstić information content (AvgIpc) is 2.02. The van der Waals surface area contributed by atoms with Crippen molar-refractivity contribution in [1.82, 2.24) is 0 Å². The van der Waals surface area contributed by atoms with E-state index < -0.39 is 21.6 Å². The lowest BCUT2D eigenvalue weighted by molar-refractivity contribution is -0.782. The zero-order chi connectivity index (χ0) is 10.9. The van der Waals surface area contributed by atoms with Crippen LogP contribution >= 0.6 is 0 Å². The van der Waals surface area contributed by atoms with E-state index in [0.29, 0.717) is 5.57 Å². The van der Waals surface area contributed by atoms with E-state index in [4.69, 9.17) is 5.73 Å². The summed E-state index contributed by atoms with van der Waals surface area (Å²) in [5, 5.41) is 21.3. The number of rotatable bonds is 2. The van der Waals surface area contributed by atoms with E-state index in [9.17, 15) is 20.2 Å². The van der Waals surface area contributed by atoms with Crippen LogP contribution in [0.4, 0.5) is 0 Å². The van der Waals surface area contributed by atoms with Crippen LogP contribution < -0.4 is 5.73 Å². The maximum absolute atomic E-state index is 10.6. The van der Waals surface area contributed by atoms with Gasteiger partial charge >= 0.3 is 5.66 Å². The third kappa shape index (κ3) is 1.27. The molecule has 0 bridgehead atoms. The molecule has 1 aliphatic rings. The van der Waals surface area contributed by atoms with Gasteiger partial charge in [0.2, 0.25) is 0 Å². The van der Waals surface area contributed by atoms with Crippen LogP contribution in [0.1, 0.15) is 6.92 Å². The van der Waals surface area contributed by atoms with Gasteiger partial charge in [-0.15, -0.1) is 0 Å². The molecule has 76 valence electrons. The molecule has 1 aliphatic carbocycles. The van der Waals surface area contributed by atoms with Gasteiger partial charge in [-0.3, -0.25) is 20.2 Å². The molecule has 0 radical (unpaired) electrons. The van der Waals surface area contributed by atoms with Gasteiger partial charge in [-0.25, -0.2) is 0 Å². The van der Waals surface area contributed by atoms with Gasteiger partial charge in [0, 0.05) is 0 Å². The molecule has 7 nitrogen and oxygen atoms in total. The second-order valence-electron chi connectivity index (χ2n) is 3.07. The highest BCUT2D eigenvalue weighted by Crippen LogP contribution is 2.23. The van der Waals surface area contributed by atoms with E-state index in [1.54, 1.807) is 6.92 Å². The maximum atomic E-state index is 10.6. The van der Waals surface area contributed by atoms with Gasteiger partial charge in [-0.05, 0) is 19.1 Å². The number of allylic oxidation sites excluding steroid dienone is 2. The molecule has 0 aliphatic heterocycles. The van der Waals surface area contributed by atoms with Gasteiger partial charge in [0.05, 0.1) is 6.08 Å². The first-order valence-corrected chi connectivity index (χ1v) is 3.83. The van der Waals surface area contributed by atoms with E-state index in [2.05, 4.69) is 0 Å². The molecule has 0 fully saturated rings. The predicted molar refractivity (Wildman–Crippen MR) is 47.6 cm³/mol. The molecule has 0 aromatic rings. The van der Waals surface area contributed by atoms with Crippen molar-refractivity contribution < 1.29 is 9.85 Å². The Kier molecular flexibility index (Phi) is 2.35. The maximum Gasteiger partial charge on any atom is 0.495 e. The second-order valence-corrected chi connectivity index (χ2v) is 3.07. The van der Waals surface area contributed by atoms with Gasteiger partial charge in [0.1, 0.15) is 9.85 Å². The normalized spacial score (nSPS) is 24.1. The zero-order valence-electron chi connectivity index (χ0n) is 7.41. The summed E-state index contributed by atoms with van der Waals surface area (Å²) in [6.45, 7) is 1.67. The van der Waals surface area contributed by atoms with Crippen LogP contribution in [0.25, 0.3) is 0 Å². The van der Waals surface area contributed by atoms with E-state index in [-0.39, 0.29) is 0 Å². The van der Waals surface area contributed by atoms with E-state index in [0.717, 1.165) is 6.08 Å². The summed E-state index contributed by atoms with van der Waals surface area (Å²) in [5.41, 5.74) is 3.66. The Hall–Kier alpha value is -1.76. The fraction of sp³-hybridized carbons (Fsp3) is 0.429. The van der Waals surface area contributed by atoms with Crippen molar-refractivity contribution in [3.63, 3.8) is 0 Å². The third-order valence-electron chi connectivity index (χ3n) is 2.11. The highest BCUT2D eigenvalue weighted by molar-refractivity contribution is 5.28. The van der Waals surface area contributed by atoms with Gasteiger partial charge in [-0.1, -0.05) is 5.57 Å². The fourth-order valence-corrected chi connectivity index (χ4v) is 1.26. The van der Waals surface area contributed by atoms with Crippen LogP contribution in [0.2, 0.25) is 0 Å². The molecule has 1 unspecified atom stereocenters. The van der Waals surface area contributed by atoms with Gasteiger partial charge in [0.15, 0.2) is 6.04 Å². The Morgan fingerprint density at radius 1 is 1.43 bits per heavy atom. The summed E-state index contributed by atoms with van der Waals surface area (Å²) in [4.78, 5) is 19.3. The van der Waals surface area contributed by atoms with Crippen molar-refractivity contribution in [2.45, 2.75) is 18.6 Å². The topological polar surface area (TPSA) is 112 Å². The SMILES string of the molecule is CC1=CC(N)C([N+](=O)[O-])([N+](=O)[O-])C=C1. The number of hydrogen-bond donors (Lipinski definition) is 1. The van der Waals surface area contributed by atoms with Crippen molar-refractivity contribution in [1.29, 1.82) is 0 Å². The summed E-state index contributed by atoms with van der Waals surface area (Å²) >= 11 is 0. The Balaban J connectivity index is 3.22. The van der Waals surface area contributed by atoms with Crippen LogP contribution in [-0.2, 0) is 0 Å². The molecule has 0 amide bonds. The molecule has 14 heavy (non-hydrogen) atoms. The summed E-state index contributed by atoms with van der Waals surface area (Å²) in [6, 6.07) is -1.24. The molecule has 2 N–H and O–H groups in total. The van der Waals surface area contributed by atoms with Crippen LogP contribution in [0.5, 0.6) is 0 Å². The first-order valence-electron chi connectivity index (χ1n) is 3.83. The molecule has 1 atom stereocenters. The van der Waals surface area contributed by atoms with Crippen molar-refractivity contribution in [2.24, 2.45) is 5.73 Å². The molecular formula is C7H9N3O4. The van der Waals surface area contributed by atoms with Crippen molar-refractivity contribution in [2.75, 3.05) is 0 Å². The monoisotopic (exact) mass is 199 g/mol. The molecule has 0 spiro atoms. The first kappa shape index (κ1) is 10.3. The Labute approximate surface area is 79.2 Å². The van der Waals surface area contributed by atoms with Crippen LogP contribution in [0, 0.1) is 20.2 Å². The van der Waals surface area contributed by atoms with Gasteiger partial charge in [0.25, 0.3) is 0 Å². The van der Waals surface area contributed by atoms with E-state index in [1.807, 2.05) is 0 Å². The standard InChI is InChI=1S/C7H9N3O4/c1-5-2-3-7(9(11)12,10(13)14)6(8)4-5/h2-4,6H,8H2,1H3. The summed E-state index contributed by atoms with van der Waals surface area (Å²) in [6.07, 6.45) is 3.56. The van der Waals surface area contributed by atoms with E-state index >= 15 is 0 Å². The third-order valence-corrected chi connectivity index (χ3v) is 2.11. The molecule has 0 saturated carbocycles. The van der Waals surface area contributed by atoms with Crippen molar-refractivity contribution in [3.8, 4) is 0 Å². The summed E-state index contributed by atoms with van der Waals surface area (Å²) in [5.74, 6) is 0. The quantitative estimate of drug-likeness (QED) is 0.384. The van der Waals surface area contributed by atoms with Crippen LogP contribution in [0.3, 0.4) is 0 Å². The minimum absolute atomic E-state index is 0.678. The lowest BCUT2D eigenvalue weighted by Crippen LogP contribution is -2.58. The number of hydrogen-bond acceptors (Lipinski definition) is 5. The Bertz CT molecular complexity index is 333. The van der Waals surface area contributed by atoms with Crippen molar-refractivity contribution >= 4 is 0 Å². The van der Waals surface area contributed by atoms with Gasteiger partial charge in [-0.2, -0.15) is 0 Å². The molecule has 0 heterocycles. The lowest BCUT2D eigenvalue weighted by atomic mass is 9.94. The van der Waals surface area contributed by atoms with Crippen LogP contribution in [0.15, 0.2) is 23.8 Å².